The minimum absolute atomic E-state index is 0.0222. The molecular formula is C15H23N3O3. The van der Waals surface area contributed by atoms with E-state index in [4.69, 9.17) is 4.74 Å². The van der Waals surface area contributed by atoms with Gasteiger partial charge < -0.3 is 15.4 Å². The number of anilines is 1. The Morgan fingerprint density at radius 3 is 3.05 bits per heavy atom. The lowest BCUT2D eigenvalue weighted by molar-refractivity contribution is -0.385. The molecule has 1 fully saturated rings. The van der Waals surface area contributed by atoms with Gasteiger partial charge in [0.25, 0.3) is 0 Å². The van der Waals surface area contributed by atoms with Gasteiger partial charge in [0.2, 0.25) is 0 Å². The number of ether oxygens (including phenoxy) is 1. The number of nitrogens with one attached hydrogen (secondary N) is 2. The summed E-state index contributed by atoms with van der Waals surface area (Å²) < 4.78 is 5.48. The molecule has 0 radical (unpaired) electrons. The van der Waals surface area contributed by atoms with Gasteiger partial charge in [-0.15, -0.1) is 0 Å². The third kappa shape index (κ3) is 4.60. The molecule has 0 amide bonds. The predicted octanol–water partition coefficient (Wildman–Crippen LogP) is 2.80. The minimum atomic E-state index is -0.404. The fraction of sp³-hybridized carbons (Fsp3) is 0.600. The van der Waals surface area contributed by atoms with Gasteiger partial charge in [-0.2, -0.15) is 0 Å². The number of nitro benzene ring substituents is 1. The summed E-state index contributed by atoms with van der Waals surface area (Å²) in [6, 6.07) is 4.97. The zero-order valence-electron chi connectivity index (χ0n) is 12.4. The second-order valence-electron chi connectivity index (χ2n) is 5.36. The number of hydrogen-bond acceptors (Lipinski definition) is 5. The first kappa shape index (κ1) is 15.6. The third-order valence-corrected chi connectivity index (χ3v) is 3.66. The Bertz CT molecular complexity index is 473. The highest BCUT2D eigenvalue weighted by molar-refractivity contribution is 5.58. The molecule has 116 valence electrons. The fourth-order valence-electron chi connectivity index (χ4n) is 2.48. The maximum absolute atomic E-state index is 11.0. The van der Waals surface area contributed by atoms with Gasteiger partial charge in [-0.25, -0.2) is 0 Å². The normalized spacial score (nSPS) is 17.7. The average molecular weight is 293 g/mol. The third-order valence-electron chi connectivity index (χ3n) is 3.66. The number of benzene rings is 1. The van der Waals surface area contributed by atoms with Crippen molar-refractivity contribution < 1.29 is 9.66 Å². The molecule has 0 saturated carbocycles. The molecule has 1 saturated heterocycles. The van der Waals surface area contributed by atoms with Crippen molar-refractivity contribution in [2.45, 2.75) is 26.2 Å². The summed E-state index contributed by atoms with van der Waals surface area (Å²) in [5, 5.41) is 17.7. The van der Waals surface area contributed by atoms with Crippen LogP contribution in [0.2, 0.25) is 0 Å². The maximum atomic E-state index is 11.0. The van der Waals surface area contributed by atoms with Crippen LogP contribution in [0.5, 0.6) is 5.75 Å². The zero-order valence-corrected chi connectivity index (χ0v) is 12.4. The smallest absolute Gasteiger partial charge is 0.311 e. The van der Waals surface area contributed by atoms with Crippen molar-refractivity contribution in [3.63, 3.8) is 0 Å². The van der Waals surface area contributed by atoms with E-state index in [9.17, 15) is 10.1 Å². The van der Waals surface area contributed by atoms with E-state index in [2.05, 4.69) is 10.6 Å². The van der Waals surface area contributed by atoms with Crippen molar-refractivity contribution >= 4 is 11.4 Å². The topological polar surface area (TPSA) is 76.4 Å². The highest BCUT2D eigenvalue weighted by atomic mass is 16.6. The molecule has 2 N–H and O–H groups in total. The summed E-state index contributed by atoms with van der Waals surface area (Å²) in [7, 11) is 0. The summed E-state index contributed by atoms with van der Waals surface area (Å²) in [6.07, 6.45) is 3.16. The largest absolute Gasteiger partial charge is 0.487 e. The second kappa shape index (κ2) is 7.83. The standard InChI is InChI=1S/C15H23N3O3/c1-2-9-21-15-10-13(3-4-14(15)18(19)20)17-8-6-12-5-7-16-11-12/h3-4,10,12,16-17H,2,5-9,11H2,1H3. The van der Waals surface area contributed by atoms with Crippen LogP contribution in [0.15, 0.2) is 18.2 Å². The van der Waals surface area contributed by atoms with Gasteiger partial charge in [0.1, 0.15) is 0 Å². The van der Waals surface area contributed by atoms with Crippen LogP contribution in [0.25, 0.3) is 0 Å². The van der Waals surface area contributed by atoms with Crippen LogP contribution in [0.4, 0.5) is 11.4 Å². The van der Waals surface area contributed by atoms with E-state index >= 15 is 0 Å². The molecule has 0 aliphatic carbocycles. The lowest BCUT2D eigenvalue weighted by Gasteiger charge is -2.12. The zero-order chi connectivity index (χ0) is 15.1. The van der Waals surface area contributed by atoms with Gasteiger partial charge in [0.05, 0.1) is 11.5 Å². The molecule has 1 aliphatic rings. The second-order valence-corrected chi connectivity index (χ2v) is 5.36. The van der Waals surface area contributed by atoms with E-state index in [0.717, 1.165) is 44.1 Å². The Kier molecular flexibility index (Phi) is 5.80. The monoisotopic (exact) mass is 293 g/mol. The fourth-order valence-corrected chi connectivity index (χ4v) is 2.48. The van der Waals surface area contributed by atoms with E-state index < -0.39 is 4.92 Å². The van der Waals surface area contributed by atoms with Gasteiger partial charge in [-0.1, -0.05) is 6.92 Å². The van der Waals surface area contributed by atoms with E-state index in [0.29, 0.717) is 12.4 Å². The molecule has 1 heterocycles. The van der Waals surface area contributed by atoms with E-state index in [-0.39, 0.29) is 5.69 Å². The molecule has 2 rings (SSSR count). The van der Waals surface area contributed by atoms with Crippen molar-refractivity contribution in [3.8, 4) is 5.75 Å². The van der Waals surface area contributed by atoms with Crippen LogP contribution < -0.4 is 15.4 Å². The van der Waals surface area contributed by atoms with Crippen LogP contribution in [0, 0.1) is 16.0 Å². The molecule has 1 aliphatic heterocycles. The van der Waals surface area contributed by atoms with Gasteiger partial charge >= 0.3 is 5.69 Å². The molecule has 1 unspecified atom stereocenters. The van der Waals surface area contributed by atoms with Gasteiger partial charge in [-0.05, 0) is 44.3 Å². The lowest BCUT2D eigenvalue weighted by atomic mass is 10.1. The van der Waals surface area contributed by atoms with E-state index in [1.54, 1.807) is 12.1 Å². The minimum Gasteiger partial charge on any atom is -0.487 e. The molecule has 6 heteroatoms. The molecule has 0 spiro atoms. The van der Waals surface area contributed by atoms with Crippen LogP contribution in [-0.2, 0) is 0 Å². The molecule has 6 nitrogen and oxygen atoms in total. The molecule has 1 aromatic rings. The molecule has 1 aromatic carbocycles. The Morgan fingerprint density at radius 1 is 1.52 bits per heavy atom. The molecule has 0 bridgehead atoms. The molecular weight excluding hydrogens is 270 g/mol. The Hall–Kier alpha value is -1.82. The Morgan fingerprint density at radius 2 is 2.38 bits per heavy atom. The van der Waals surface area contributed by atoms with Crippen LogP contribution in [-0.4, -0.2) is 31.2 Å². The van der Waals surface area contributed by atoms with E-state index in [1.165, 1.54) is 12.5 Å². The first-order valence-electron chi connectivity index (χ1n) is 7.56. The van der Waals surface area contributed by atoms with Gasteiger partial charge in [-0.3, -0.25) is 10.1 Å². The van der Waals surface area contributed by atoms with Crippen LogP contribution in [0.1, 0.15) is 26.2 Å². The number of rotatable bonds is 8. The summed E-state index contributed by atoms with van der Waals surface area (Å²) in [5.74, 6) is 1.07. The van der Waals surface area contributed by atoms with Crippen molar-refractivity contribution in [2.24, 2.45) is 5.92 Å². The van der Waals surface area contributed by atoms with Crippen molar-refractivity contribution in [1.82, 2.24) is 5.32 Å². The molecule has 21 heavy (non-hydrogen) atoms. The van der Waals surface area contributed by atoms with Crippen molar-refractivity contribution in [3.05, 3.63) is 28.3 Å². The SMILES string of the molecule is CCCOc1cc(NCCC2CCNC2)ccc1[N+](=O)[O-]. The lowest BCUT2D eigenvalue weighted by Crippen LogP contribution is -2.12. The Labute approximate surface area is 125 Å². The van der Waals surface area contributed by atoms with Crippen LogP contribution >= 0.6 is 0 Å². The van der Waals surface area contributed by atoms with Crippen LogP contribution in [0.3, 0.4) is 0 Å². The quantitative estimate of drug-likeness (QED) is 0.569. The van der Waals surface area contributed by atoms with Crippen molar-refractivity contribution in [1.29, 1.82) is 0 Å². The first-order valence-corrected chi connectivity index (χ1v) is 7.56. The number of hydrogen-bond donors (Lipinski definition) is 2. The number of nitrogens with zero attached hydrogens (tertiary/aromatic N) is 1. The highest BCUT2D eigenvalue weighted by Gasteiger charge is 2.16. The summed E-state index contributed by atoms with van der Waals surface area (Å²) in [6.45, 7) is 5.53. The maximum Gasteiger partial charge on any atom is 0.311 e. The summed E-state index contributed by atoms with van der Waals surface area (Å²) >= 11 is 0. The number of nitro groups is 1. The average Bonchev–Trinajstić information content (AvgIpc) is 2.98. The highest BCUT2D eigenvalue weighted by Crippen LogP contribution is 2.30. The predicted molar refractivity (Wildman–Crippen MR) is 83.0 cm³/mol. The molecule has 0 aromatic heterocycles. The van der Waals surface area contributed by atoms with E-state index in [1.807, 2.05) is 6.92 Å². The molecule has 1 atom stereocenters. The van der Waals surface area contributed by atoms with Gasteiger partial charge in [0, 0.05) is 24.4 Å². The van der Waals surface area contributed by atoms with Gasteiger partial charge in [0.15, 0.2) is 5.75 Å². The first-order chi connectivity index (χ1) is 10.2. The van der Waals surface area contributed by atoms with Crippen molar-refractivity contribution in [2.75, 3.05) is 31.6 Å². The summed E-state index contributed by atoms with van der Waals surface area (Å²) in [5.41, 5.74) is 0.895. The summed E-state index contributed by atoms with van der Waals surface area (Å²) in [4.78, 5) is 10.6. The Balaban J connectivity index is 1.93.